The maximum Gasteiger partial charge on any atom is 0.320 e. The van der Waals surface area contributed by atoms with E-state index in [0.717, 1.165) is 22.4 Å². The van der Waals surface area contributed by atoms with Gasteiger partial charge in [-0.25, -0.2) is 0 Å². The molecule has 0 bridgehead atoms. The molecule has 0 aliphatic carbocycles. The highest BCUT2D eigenvalue weighted by Gasteiger charge is 2.15. The lowest BCUT2D eigenvalue weighted by atomic mass is 9.95. The minimum Gasteiger partial charge on any atom is -0.497 e. The second-order valence-corrected chi connectivity index (χ2v) is 4.54. The van der Waals surface area contributed by atoms with Gasteiger partial charge in [-0.15, -0.1) is 0 Å². The van der Waals surface area contributed by atoms with Crippen LogP contribution in [0.4, 0.5) is 0 Å². The van der Waals surface area contributed by atoms with E-state index in [1.165, 1.54) is 0 Å². The highest BCUT2D eigenvalue weighted by Crippen LogP contribution is 2.27. The SMILES string of the molecule is COc1cccc(-c2ccccc2C[C@H](N)C(=O)O)c1. The zero-order valence-electron chi connectivity index (χ0n) is 11.2. The third kappa shape index (κ3) is 3.16. The van der Waals surface area contributed by atoms with Crippen molar-refractivity contribution in [3.05, 3.63) is 54.1 Å². The summed E-state index contributed by atoms with van der Waals surface area (Å²) in [5, 5.41) is 8.94. The molecule has 2 rings (SSSR count). The zero-order valence-corrected chi connectivity index (χ0v) is 11.2. The van der Waals surface area contributed by atoms with Gasteiger partial charge in [0.05, 0.1) is 7.11 Å². The Kier molecular flexibility index (Phi) is 4.38. The highest BCUT2D eigenvalue weighted by atomic mass is 16.5. The van der Waals surface area contributed by atoms with Crippen molar-refractivity contribution in [2.45, 2.75) is 12.5 Å². The van der Waals surface area contributed by atoms with Gasteiger partial charge in [0.1, 0.15) is 11.8 Å². The maximum absolute atomic E-state index is 10.9. The molecule has 1 atom stereocenters. The summed E-state index contributed by atoms with van der Waals surface area (Å²) in [6, 6.07) is 14.4. The van der Waals surface area contributed by atoms with Gasteiger partial charge in [0, 0.05) is 0 Å². The topological polar surface area (TPSA) is 72.5 Å². The summed E-state index contributed by atoms with van der Waals surface area (Å²) in [6.45, 7) is 0. The van der Waals surface area contributed by atoms with Crippen molar-refractivity contribution in [1.29, 1.82) is 0 Å². The van der Waals surface area contributed by atoms with Crippen molar-refractivity contribution in [3.63, 3.8) is 0 Å². The molecule has 0 aromatic heterocycles. The predicted octanol–water partition coefficient (Wildman–Crippen LogP) is 2.32. The quantitative estimate of drug-likeness (QED) is 0.875. The van der Waals surface area contributed by atoms with E-state index in [1.54, 1.807) is 7.11 Å². The van der Waals surface area contributed by atoms with Crippen LogP contribution in [0, 0.1) is 0 Å². The van der Waals surface area contributed by atoms with E-state index < -0.39 is 12.0 Å². The molecule has 0 saturated carbocycles. The van der Waals surface area contributed by atoms with E-state index in [0.29, 0.717) is 6.42 Å². The molecule has 0 aliphatic rings. The number of rotatable bonds is 5. The molecule has 0 aliphatic heterocycles. The first kappa shape index (κ1) is 14.1. The first-order valence-corrected chi connectivity index (χ1v) is 6.32. The smallest absolute Gasteiger partial charge is 0.320 e. The average molecular weight is 271 g/mol. The van der Waals surface area contributed by atoms with Crippen molar-refractivity contribution in [1.82, 2.24) is 0 Å². The Morgan fingerprint density at radius 2 is 2.00 bits per heavy atom. The Bertz CT molecular complexity index is 610. The Hall–Kier alpha value is -2.33. The van der Waals surface area contributed by atoms with Gasteiger partial charge in [0.25, 0.3) is 0 Å². The molecule has 0 saturated heterocycles. The van der Waals surface area contributed by atoms with Crippen LogP contribution in [-0.2, 0) is 11.2 Å². The second-order valence-electron chi connectivity index (χ2n) is 4.54. The Morgan fingerprint density at radius 3 is 2.70 bits per heavy atom. The molecule has 0 fully saturated rings. The molecule has 4 heteroatoms. The van der Waals surface area contributed by atoms with Crippen LogP contribution in [0.3, 0.4) is 0 Å². The van der Waals surface area contributed by atoms with Crippen LogP contribution < -0.4 is 10.5 Å². The predicted molar refractivity (Wildman–Crippen MR) is 77.7 cm³/mol. The van der Waals surface area contributed by atoms with Crippen LogP contribution >= 0.6 is 0 Å². The number of hydrogen-bond acceptors (Lipinski definition) is 3. The molecule has 4 nitrogen and oxygen atoms in total. The van der Waals surface area contributed by atoms with Gasteiger partial charge in [-0.05, 0) is 35.2 Å². The molecule has 104 valence electrons. The standard InChI is InChI=1S/C16H17NO3/c1-20-13-7-4-6-11(9-13)14-8-3-2-5-12(14)10-15(17)16(18)19/h2-9,15H,10,17H2,1H3,(H,18,19)/t15-/m0/s1. The Morgan fingerprint density at radius 1 is 1.25 bits per heavy atom. The van der Waals surface area contributed by atoms with Crippen LogP contribution in [0.1, 0.15) is 5.56 Å². The third-order valence-electron chi connectivity index (χ3n) is 3.16. The lowest BCUT2D eigenvalue weighted by Crippen LogP contribution is -2.32. The molecular formula is C16H17NO3. The van der Waals surface area contributed by atoms with Gasteiger partial charge >= 0.3 is 5.97 Å². The molecule has 2 aromatic carbocycles. The monoisotopic (exact) mass is 271 g/mol. The van der Waals surface area contributed by atoms with E-state index in [4.69, 9.17) is 15.6 Å². The van der Waals surface area contributed by atoms with Crippen molar-refractivity contribution in [3.8, 4) is 16.9 Å². The number of nitrogens with two attached hydrogens (primary N) is 1. The molecule has 0 amide bonds. The van der Waals surface area contributed by atoms with Gasteiger partial charge in [-0.2, -0.15) is 0 Å². The van der Waals surface area contributed by atoms with Gasteiger partial charge in [0.15, 0.2) is 0 Å². The number of ether oxygens (including phenoxy) is 1. The van der Waals surface area contributed by atoms with Crippen LogP contribution in [0.25, 0.3) is 11.1 Å². The summed E-state index contributed by atoms with van der Waals surface area (Å²) in [5.74, 6) is -0.231. The molecule has 20 heavy (non-hydrogen) atoms. The number of carboxylic acid groups (broad SMARTS) is 1. The van der Waals surface area contributed by atoms with Crippen LogP contribution in [-0.4, -0.2) is 24.2 Å². The molecule has 2 aromatic rings. The number of carbonyl (C=O) groups is 1. The van der Waals surface area contributed by atoms with Gasteiger partial charge in [-0.1, -0.05) is 36.4 Å². The molecule has 0 unspecified atom stereocenters. The fraction of sp³-hybridized carbons (Fsp3) is 0.188. The lowest BCUT2D eigenvalue weighted by molar-refractivity contribution is -0.138. The fourth-order valence-corrected chi connectivity index (χ4v) is 2.09. The first-order valence-electron chi connectivity index (χ1n) is 6.32. The molecular weight excluding hydrogens is 254 g/mol. The molecule has 0 heterocycles. The van der Waals surface area contributed by atoms with E-state index in [2.05, 4.69) is 0 Å². The number of benzene rings is 2. The fourth-order valence-electron chi connectivity index (χ4n) is 2.09. The van der Waals surface area contributed by atoms with Crippen molar-refractivity contribution in [2.75, 3.05) is 7.11 Å². The first-order chi connectivity index (χ1) is 9.61. The summed E-state index contributed by atoms with van der Waals surface area (Å²) < 4.78 is 5.22. The van der Waals surface area contributed by atoms with E-state index in [-0.39, 0.29) is 0 Å². The average Bonchev–Trinajstić information content (AvgIpc) is 2.47. The zero-order chi connectivity index (χ0) is 14.5. The summed E-state index contributed by atoms with van der Waals surface area (Å²) in [4.78, 5) is 10.9. The van der Waals surface area contributed by atoms with Crippen molar-refractivity contribution >= 4 is 5.97 Å². The van der Waals surface area contributed by atoms with Crippen LogP contribution in [0.5, 0.6) is 5.75 Å². The Labute approximate surface area is 117 Å². The highest BCUT2D eigenvalue weighted by molar-refractivity contribution is 5.75. The maximum atomic E-state index is 10.9. The van der Waals surface area contributed by atoms with Crippen molar-refractivity contribution < 1.29 is 14.6 Å². The van der Waals surface area contributed by atoms with E-state index in [1.807, 2.05) is 48.5 Å². The molecule has 0 spiro atoms. The number of aliphatic carboxylic acids is 1. The van der Waals surface area contributed by atoms with Gasteiger partial charge in [-0.3, -0.25) is 4.79 Å². The minimum atomic E-state index is -0.995. The minimum absolute atomic E-state index is 0.294. The van der Waals surface area contributed by atoms with Gasteiger partial charge < -0.3 is 15.6 Å². The summed E-state index contributed by atoms with van der Waals surface area (Å²) in [7, 11) is 1.62. The summed E-state index contributed by atoms with van der Waals surface area (Å²) in [5.41, 5.74) is 8.50. The molecule has 3 N–H and O–H groups in total. The lowest BCUT2D eigenvalue weighted by Gasteiger charge is -2.13. The second kappa shape index (κ2) is 6.21. The number of hydrogen-bond donors (Lipinski definition) is 2. The van der Waals surface area contributed by atoms with Crippen molar-refractivity contribution in [2.24, 2.45) is 5.73 Å². The van der Waals surface area contributed by atoms with E-state index >= 15 is 0 Å². The largest absolute Gasteiger partial charge is 0.497 e. The number of methoxy groups -OCH3 is 1. The normalized spacial score (nSPS) is 11.9. The Balaban J connectivity index is 2.38. The van der Waals surface area contributed by atoms with E-state index in [9.17, 15) is 4.79 Å². The van der Waals surface area contributed by atoms with Gasteiger partial charge in [0.2, 0.25) is 0 Å². The number of carboxylic acids is 1. The van der Waals surface area contributed by atoms with Crippen LogP contribution in [0.2, 0.25) is 0 Å². The third-order valence-corrected chi connectivity index (χ3v) is 3.16. The molecule has 0 radical (unpaired) electrons. The summed E-state index contributed by atoms with van der Waals surface area (Å²) in [6.07, 6.45) is 0.294. The van der Waals surface area contributed by atoms with Crippen LogP contribution in [0.15, 0.2) is 48.5 Å². The summed E-state index contributed by atoms with van der Waals surface area (Å²) >= 11 is 0.